The molecule has 3 aromatic carbocycles. The number of aromatic nitrogens is 2. The highest BCUT2D eigenvalue weighted by Crippen LogP contribution is 2.23. The molecule has 6 nitrogen and oxygen atoms in total. The molecule has 0 fully saturated rings. The fourth-order valence-electron chi connectivity index (χ4n) is 3.15. The van der Waals surface area contributed by atoms with Crippen LogP contribution in [-0.4, -0.2) is 27.4 Å². The Morgan fingerprint density at radius 1 is 1.09 bits per heavy atom. The fourth-order valence-corrected chi connectivity index (χ4v) is 3.95. The Bertz CT molecular complexity index is 1380. The van der Waals surface area contributed by atoms with Crippen molar-refractivity contribution in [1.82, 2.24) is 15.0 Å². The summed E-state index contributed by atoms with van der Waals surface area (Å²) in [5.74, 6) is -0.852. The van der Waals surface area contributed by atoms with E-state index in [1.54, 1.807) is 36.4 Å². The van der Waals surface area contributed by atoms with Crippen molar-refractivity contribution in [2.45, 2.75) is 12.1 Å². The summed E-state index contributed by atoms with van der Waals surface area (Å²) in [5.41, 5.74) is 4.62. The number of halogens is 1. The summed E-state index contributed by atoms with van der Waals surface area (Å²) in [4.78, 5) is 30.2. The summed E-state index contributed by atoms with van der Waals surface area (Å²) >= 11 is 1.13. The monoisotopic (exact) mass is 446 g/mol. The third-order valence-corrected chi connectivity index (χ3v) is 5.67. The van der Waals surface area contributed by atoms with Gasteiger partial charge in [0.2, 0.25) is 0 Å². The first kappa shape index (κ1) is 21.5. The van der Waals surface area contributed by atoms with Gasteiger partial charge in [0, 0.05) is 5.56 Å². The SMILES string of the molecule is Cc1ccccc1-n1c(SCC(=O)NN=Cc2ccccc2F)nc2ccccc2c1=O. The predicted octanol–water partition coefficient (Wildman–Crippen LogP) is 4.08. The zero-order valence-electron chi connectivity index (χ0n) is 17.2. The maximum Gasteiger partial charge on any atom is 0.266 e. The Morgan fingerprint density at radius 3 is 2.62 bits per heavy atom. The molecule has 0 aliphatic heterocycles. The van der Waals surface area contributed by atoms with Crippen LogP contribution in [0, 0.1) is 12.7 Å². The maximum absolute atomic E-state index is 13.6. The molecular formula is C24H19FN4O2S. The molecule has 4 aromatic rings. The Kier molecular flexibility index (Phi) is 6.42. The number of carbonyl (C=O) groups excluding carboxylic acids is 1. The van der Waals surface area contributed by atoms with E-state index >= 15 is 0 Å². The van der Waals surface area contributed by atoms with Crippen LogP contribution in [0.2, 0.25) is 0 Å². The number of hydrazone groups is 1. The van der Waals surface area contributed by atoms with Crippen molar-refractivity contribution in [1.29, 1.82) is 0 Å². The number of benzene rings is 3. The molecule has 0 aliphatic carbocycles. The van der Waals surface area contributed by atoms with Crippen LogP contribution in [0.5, 0.6) is 0 Å². The van der Waals surface area contributed by atoms with Gasteiger partial charge in [-0.05, 0) is 36.8 Å². The van der Waals surface area contributed by atoms with Crippen molar-refractivity contribution in [3.63, 3.8) is 0 Å². The first-order chi connectivity index (χ1) is 15.5. The van der Waals surface area contributed by atoms with Crippen LogP contribution >= 0.6 is 11.8 Å². The summed E-state index contributed by atoms with van der Waals surface area (Å²) in [6.07, 6.45) is 1.25. The average Bonchev–Trinajstić information content (AvgIpc) is 2.80. The van der Waals surface area contributed by atoms with Crippen molar-refractivity contribution >= 4 is 34.8 Å². The van der Waals surface area contributed by atoms with E-state index in [9.17, 15) is 14.0 Å². The Hall–Kier alpha value is -3.78. The topological polar surface area (TPSA) is 76.3 Å². The van der Waals surface area contributed by atoms with Gasteiger partial charge in [0.1, 0.15) is 5.82 Å². The van der Waals surface area contributed by atoms with Crippen LogP contribution < -0.4 is 11.0 Å². The van der Waals surface area contributed by atoms with Gasteiger partial charge in [0.15, 0.2) is 5.16 Å². The number of hydrogen-bond acceptors (Lipinski definition) is 5. The van der Waals surface area contributed by atoms with E-state index in [4.69, 9.17) is 0 Å². The molecule has 0 saturated carbocycles. The predicted molar refractivity (Wildman–Crippen MR) is 125 cm³/mol. The summed E-state index contributed by atoms with van der Waals surface area (Å²) in [6, 6.07) is 20.7. The fraction of sp³-hybridized carbons (Fsp3) is 0.0833. The van der Waals surface area contributed by atoms with Crippen molar-refractivity contribution in [2.24, 2.45) is 5.10 Å². The summed E-state index contributed by atoms with van der Waals surface area (Å²) in [6.45, 7) is 1.91. The van der Waals surface area contributed by atoms with Crippen molar-refractivity contribution in [3.05, 3.63) is 100 Å². The number of hydrogen-bond donors (Lipinski definition) is 1. The molecule has 32 heavy (non-hydrogen) atoms. The minimum Gasteiger partial charge on any atom is -0.272 e. The summed E-state index contributed by atoms with van der Waals surface area (Å²) in [7, 11) is 0. The molecule has 1 N–H and O–H groups in total. The first-order valence-corrected chi connectivity index (χ1v) is 10.8. The second-order valence-corrected chi connectivity index (χ2v) is 7.88. The smallest absolute Gasteiger partial charge is 0.266 e. The van der Waals surface area contributed by atoms with Crippen LogP contribution in [0.15, 0.2) is 87.8 Å². The number of thioether (sulfide) groups is 1. The largest absolute Gasteiger partial charge is 0.272 e. The lowest BCUT2D eigenvalue weighted by atomic mass is 10.2. The van der Waals surface area contributed by atoms with E-state index in [-0.39, 0.29) is 16.9 Å². The molecule has 1 heterocycles. The Labute approximate surface area is 187 Å². The van der Waals surface area contributed by atoms with Gasteiger partial charge in [-0.1, -0.05) is 60.3 Å². The van der Waals surface area contributed by atoms with Crippen LogP contribution in [-0.2, 0) is 4.79 Å². The van der Waals surface area contributed by atoms with Crippen LogP contribution in [0.1, 0.15) is 11.1 Å². The molecular weight excluding hydrogens is 427 g/mol. The first-order valence-electron chi connectivity index (χ1n) is 9.81. The lowest BCUT2D eigenvalue weighted by Crippen LogP contribution is -2.24. The number of amides is 1. The van der Waals surface area contributed by atoms with E-state index in [0.717, 1.165) is 17.3 Å². The molecule has 0 atom stereocenters. The number of carbonyl (C=O) groups is 1. The lowest BCUT2D eigenvalue weighted by molar-refractivity contribution is -0.118. The number of nitrogens with zero attached hydrogens (tertiary/aromatic N) is 3. The molecule has 8 heteroatoms. The Balaban J connectivity index is 1.59. The van der Waals surface area contributed by atoms with Gasteiger partial charge in [-0.25, -0.2) is 14.8 Å². The summed E-state index contributed by atoms with van der Waals surface area (Å²) < 4.78 is 15.2. The maximum atomic E-state index is 13.6. The molecule has 0 saturated heterocycles. The van der Waals surface area contributed by atoms with Crippen molar-refractivity contribution in [3.8, 4) is 5.69 Å². The van der Waals surface area contributed by atoms with Crippen LogP contribution in [0.4, 0.5) is 4.39 Å². The normalized spacial score (nSPS) is 11.2. The van der Waals surface area contributed by atoms with Crippen LogP contribution in [0.3, 0.4) is 0 Å². The van der Waals surface area contributed by atoms with Gasteiger partial charge in [-0.2, -0.15) is 5.10 Å². The van der Waals surface area contributed by atoms with Gasteiger partial charge in [0.05, 0.1) is 28.6 Å². The van der Waals surface area contributed by atoms with E-state index in [0.29, 0.717) is 21.7 Å². The van der Waals surface area contributed by atoms with Crippen molar-refractivity contribution < 1.29 is 9.18 Å². The second-order valence-electron chi connectivity index (χ2n) is 6.94. The highest BCUT2D eigenvalue weighted by molar-refractivity contribution is 7.99. The van der Waals surface area contributed by atoms with E-state index in [1.807, 2.05) is 37.3 Å². The average molecular weight is 447 g/mol. The molecule has 4 rings (SSSR count). The molecule has 0 spiro atoms. The minimum atomic E-state index is -0.428. The van der Waals surface area contributed by atoms with Gasteiger partial charge in [-0.3, -0.25) is 14.2 Å². The molecule has 160 valence electrons. The van der Waals surface area contributed by atoms with Crippen LogP contribution in [0.25, 0.3) is 16.6 Å². The highest BCUT2D eigenvalue weighted by Gasteiger charge is 2.15. The third kappa shape index (κ3) is 4.60. The van der Waals surface area contributed by atoms with E-state index < -0.39 is 11.7 Å². The minimum absolute atomic E-state index is 0.0225. The molecule has 1 amide bonds. The zero-order valence-corrected chi connectivity index (χ0v) is 18.0. The van der Waals surface area contributed by atoms with Gasteiger partial charge < -0.3 is 0 Å². The zero-order chi connectivity index (χ0) is 22.5. The molecule has 0 radical (unpaired) electrons. The Morgan fingerprint density at radius 2 is 1.81 bits per heavy atom. The van der Waals surface area contributed by atoms with Gasteiger partial charge in [0.25, 0.3) is 11.5 Å². The molecule has 0 bridgehead atoms. The number of nitrogens with one attached hydrogen (secondary N) is 1. The lowest BCUT2D eigenvalue weighted by Gasteiger charge is -2.14. The number of rotatable bonds is 6. The van der Waals surface area contributed by atoms with E-state index in [1.165, 1.54) is 16.8 Å². The van der Waals surface area contributed by atoms with E-state index in [2.05, 4.69) is 15.5 Å². The molecule has 0 aliphatic rings. The number of para-hydroxylation sites is 2. The standard InChI is InChI=1S/C24H19FN4O2S/c1-16-8-2-7-13-21(16)29-23(31)18-10-4-6-12-20(18)27-24(29)32-15-22(30)28-26-14-17-9-3-5-11-19(17)25/h2-14H,15H2,1H3,(H,28,30). The third-order valence-electron chi connectivity index (χ3n) is 4.73. The quantitative estimate of drug-likeness (QED) is 0.210. The number of aryl methyl sites for hydroxylation is 1. The summed E-state index contributed by atoms with van der Waals surface area (Å²) in [5, 5.41) is 4.71. The molecule has 0 unspecified atom stereocenters. The van der Waals surface area contributed by atoms with Gasteiger partial charge >= 0.3 is 0 Å². The second kappa shape index (κ2) is 9.57. The van der Waals surface area contributed by atoms with Crippen molar-refractivity contribution in [2.75, 3.05) is 5.75 Å². The number of fused-ring (bicyclic) bond motifs is 1. The van der Waals surface area contributed by atoms with Gasteiger partial charge in [-0.15, -0.1) is 0 Å². The molecule has 1 aromatic heterocycles. The highest BCUT2D eigenvalue weighted by atomic mass is 32.2.